The van der Waals surface area contributed by atoms with Crippen LogP contribution in [0.4, 0.5) is 0 Å². The second kappa shape index (κ2) is 6.34. The zero-order valence-corrected chi connectivity index (χ0v) is 13.7. The van der Waals surface area contributed by atoms with Crippen LogP contribution < -0.4 is 9.47 Å². The molecule has 1 saturated heterocycles. The minimum Gasteiger partial charge on any atom is -0.486 e. The molecule has 1 fully saturated rings. The maximum Gasteiger partial charge on any atom is 0.227 e. The number of carbonyl (C=O) groups is 1. The van der Waals surface area contributed by atoms with Crippen molar-refractivity contribution in [2.75, 3.05) is 39.9 Å². The lowest BCUT2D eigenvalue weighted by atomic mass is 10.1. The van der Waals surface area contributed by atoms with E-state index in [0.29, 0.717) is 36.2 Å². The van der Waals surface area contributed by atoms with Crippen LogP contribution in [0.5, 0.6) is 11.5 Å². The fraction of sp³-hybridized carbons (Fsp3) is 0.562. The van der Waals surface area contributed by atoms with E-state index in [9.17, 15) is 4.79 Å². The van der Waals surface area contributed by atoms with Gasteiger partial charge < -0.3 is 19.3 Å². The summed E-state index contributed by atoms with van der Waals surface area (Å²) in [6, 6.07) is 3.89. The summed E-state index contributed by atoms with van der Waals surface area (Å²) in [4.78, 5) is 16.8. The minimum absolute atomic E-state index is 0.133. The molecule has 1 atom stereocenters. The van der Waals surface area contributed by atoms with E-state index in [-0.39, 0.29) is 11.9 Å². The number of nitrogens with zero attached hydrogens (tertiary/aromatic N) is 2. The molecule has 5 nitrogen and oxygen atoms in total. The molecule has 1 aromatic carbocycles. The molecule has 3 rings (SSSR count). The molecule has 0 aliphatic carbocycles. The number of likely N-dealkylation sites (N-methyl/N-ethyl adjacent to an activating group) is 1. The lowest BCUT2D eigenvalue weighted by molar-refractivity contribution is -0.134. The first kappa shape index (κ1) is 15.4. The molecule has 0 unspecified atom stereocenters. The summed E-state index contributed by atoms with van der Waals surface area (Å²) in [6.45, 7) is 5.70. The standard InChI is InChI=1S/C16H21ClN2O3/c1-11-10-18(2)3-4-19(11)15(20)9-12-7-13(17)16-14(8-12)21-5-6-22-16/h7-8,11H,3-6,9-10H2,1-2H3/t11-/m1/s1. The van der Waals surface area contributed by atoms with Gasteiger partial charge >= 0.3 is 0 Å². The summed E-state index contributed by atoms with van der Waals surface area (Å²) in [5.74, 6) is 1.35. The molecule has 0 spiro atoms. The molecule has 2 heterocycles. The number of hydrogen-bond donors (Lipinski definition) is 0. The molecule has 2 aliphatic rings. The minimum atomic E-state index is 0.133. The van der Waals surface area contributed by atoms with Gasteiger partial charge in [0.25, 0.3) is 0 Å². The van der Waals surface area contributed by atoms with Crippen LogP contribution in [-0.4, -0.2) is 61.6 Å². The highest BCUT2D eigenvalue weighted by atomic mass is 35.5. The number of piperazine rings is 1. The molecular formula is C16H21ClN2O3. The predicted octanol–water partition coefficient (Wildman–Crippen LogP) is 1.82. The van der Waals surface area contributed by atoms with Crippen LogP contribution in [0, 0.1) is 0 Å². The smallest absolute Gasteiger partial charge is 0.227 e. The number of amides is 1. The van der Waals surface area contributed by atoms with E-state index in [1.54, 1.807) is 6.07 Å². The number of fused-ring (bicyclic) bond motifs is 1. The van der Waals surface area contributed by atoms with Crippen molar-refractivity contribution in [3.8, 4) is 11.5 Å². The first-order chi connectivity index (χ1) is 10.5. The summed E-state index contributed by atoms with van der Waals surface area (Å²) in [7, 11) is 2.08. The van der Waals surface area contributed by atoms with E-state index >= 15 is 0 Å². The van der Waals surface area contributed by atoms with Gasteiger partial charge in [0.15, 0.2) is 11.5 Å². The highest BCUT2D eigenvalue weighted by Crippen LogP contribution is 2.38. The van der Waals surface area contributed by atoms with Gasteiger partial charge in [0.1, 0.15) is 13.2 Å². The molecule has 0 radical (unpaired) electrons. The lowest BCUT2D eigenvalue weighted by Crippen LogP contribution is -2.53. The zero-order valence-electron chi connectivity index (χ0n) is 13.0. The Hall–Kier alpha value is -1.46. The van der Waals surface area contributed by atoms with Crippen LogP contribution in [0.2, 0.25) is 5.02 Å². The molecular weight excluding hydrogens is 304 g/mol. The van der Waals surface area contributed by atoms with Gasteiger partial charge in [0.05, 0.1) is 11.4 Å². The van der Waals surface area contributed by atoms with Gasteiger partial charge in [-0.3, -0.25) is 4.79 Å². The SMILES string of the molecule is C[C@@H]1CN(C)CCN1C(=O)Cc1cc(Cl)c2c(c1)OCCO2. The molecule has 1 amide bonds. The van der Waals surface area contributed by atoms with Crippen LogP contribution in [0.3, 0.4) is 0 Å². The molecule has 0 aromatic heterocycles. The van der Waals surface area contributed by atoms with Crippen molar-refractivity contribution < 1.29 is 14.3 Å². The van der Waals surface area contributed by atoms with Gasteiger partial charge in [-0.2, -0.15) is 0 Å². The first-order valence-corrected chi connectivity index (χ1v) is 7.98. The fourth-order valence-electron chi connectivity index (χ4n) is 3.05. The summed E-state index contributed by atoms with van der Waals surface area (Å²) >= 11 is 6.23. The summed E-state index contributed by atoms with van der Waals surface area (Å²) < 4.78 is 11.1. The van der Waals surface area contributed by atoms with Gasteiger partial charge in [-0.05, 0) is 31.7 Å². The number of carbonyl (C=O) groups excluding carboxylic acids is 1. The average Bonchev–Trinajstić information content (AvgIpc) is 2.47. The van der Waals surface area contributed by atoms with Crippen LogP contribution in [0.15, 0.2) is 12.1 Å². The van der Waals surface area contributed by atoms with Gasteiger partial charge in [-0.15, -0.1) is 0 Å². The molecule has 22 heavy (non-hydrogen) atoms. The molecule has 2 aliphatic heterocycles. The third kappa shape index (κ3) is 3.15. The topological polar surface area (TPSA) is 42.0 Å². The third-order valence-corrected chi connectivity index (χ3v) is 4.44. The van der Waals surface area contributed by atoms with Crippen molar-refractivity contribution in [3.63, 3.8) is 0 Å². The van der Waals surface area contributed by atoms with Crippen LogP contribution in [0.25, 0.3) is 0 Å². The summed E-state index contributed by atoms with van der Waals surface area (Å²) in [5.41, 5.74) is 0.866. The number of rotatable bonds is 2. The van der Waals surface area contributed by atoms with Crippen LogP contribution in [-0.2, 0) is 11.2 Å². The quantitative estimate of drug-likeness (QED) is 0.832. The highest BCUT2D eigenvalue weighted by Gasteiger charge is 2.26. The first-order valence-electron chi connectivity index (χ1n) is 7.60. The Balaban J connectivity index is 1.73. The van der Waals surface area contributed by atoms with E-state index in [1.165, 1.54) is 0 Å². The molecule has 6 heteroatoms. The van der Waals surface area contributed by atoms with Crippen molar-refractivity contribution in [2.45, 2.75) is 19.4 Å². The molecule has 0 N–H and O–H groups in total. The van der Waals surface area contributed by atoms with Gasteiger partial charge in [0.2, 0.25) is 5.91 Å². The second-order valence-electron chi connectivity index (χ2n) is 5.98. The fourth-order valence-corrected chi connectivity index (χ4v) is 3.34. The Morgan fingerprint density at radius 2 is 2.09 bits per heavy atom. The van der Waals surface area contributed by atoms with Crippen molar-refractivity contribution in [1.29, 1.82) is 0 Å². The van der Waals surface area contributed by atoms with E-state index in [4.69, 9.17) is 21.1 Å². The normalized spacial score (nSPS) is 21.8. The van der Waals surface area contributed by atoms with E-state index in [0.717, 1.165) is 25.2 Å². The average molecular weight is 325 g/mol. The van der Waals surface area contributed by atoms with Crippen molar-refractivity contribution in [1.82, 2.24) is 9.80 Å². The number of halogens is 1. The molecule has 120 valence electrons. The summed E-state index contributed by atoms with van der Waals surface area (Å²) in [6.07, 6.45) is 0.338. The monoisotopic (exact) mass is 324 g/mol. The number of ether oxygens (including phenoxy) is 2. The van der Waals surface area contributed by atoms with E-state index in [2.05, 4.69) is 18.9 Å². The van der Waals surface area contributed by atoms with Gasteiger partial charge in [-0.25, -0.2) is 0 Å². The predicted molar refractivity (Wildman–Crippen MR) is 84.8 cm³/mol. The number of hydrogen-bond acceptors (Lipinski definition) is 4. The zero-order chi connectivity index (χ0) is 15.7. The van der Waals surface area contributed by atoms with Crippen LogP contribution >= 0.6 is 11.6 Å². The summed E-state index contributed by atoms with van der Waals surface area (Å²) in [5, 5.41) is 0.506. The Labute approximate surface area is 135 Å². The van der Waals surface area contributed by atoms with Gasteiger partial charge in [0, 0.05) is 25.7 Å². The van der Waals surface area contributed by atoms with Crippen LogP contribution in [0.1, 0.15) is 12.5 Å². The molecule has 1 aromatic rings. The lowest BCUT2D eigenvalue weighted by Gasteiger charge is -2.38. The van der Waals surface area contributed by atoms with Crippen molar-refractivity contribution >= 4 is 17.5 Å². The Morgan fingerprint density at radius 1 is 1.32 bits per heavy atom. The Morgan fingerprint density at radius 3 is 2.86 bits per heavy atom. The van der Waals surface area contributed by atoms with Gasteiger partial charge in [-0.1, -0.05) is 11.6 Å². The Kier molecular flexibility index (Phi) is 4.45. The highest BCUT2D eigenvalue weighted by molar-refractivity contribution is 6.32. The second-order valence-corrected chi connectivity index (χ2v) is 6.38. The maximum atomic E-state index is 12.6. The third-order valence-electron chi connectivity index (χ3n) is 4.16. The molecule has 0 bridgehead atoms. The maximum absolute atomic E-state index is 12.6. The van der Waals surface area contributed by atoms with Crippen molar-refractivity contribution in [2.24, 2.45) is 0 Å². The molecule has 0 saturated carbocycles. The largest absolute Gasteiger partial charge is 0.486 e. The van der Waals surface area contributed by atoms with Crippen molar-refractivity contribution in [3.05, 3.63) is 22.7 Å². The van der Waals surface area contributed by atoms with E-state index < -0.39 is 0 Å². The Bertz CT molecular complexity index is 579. The number of benzene rings is 1. The van der Waals surface area contributed by atoms with E-state index in [1.807, 2.05) is 11.0 Å².